The lowest BCUT2D eigenvalue weighted by molar-refractivity contribution is 0.373. The van der Waals surface area contributed by atoms with Crippen molar-refractivity contribution in [2.24, 2.45) is 0 Å². The number of fused-ring (bicyclic) bond motifs is 1. The minimum Gasteiger partial charge on any atom is -0.346 e. The summed E-state index contributed by atoms with van der Waals surface area (Å²) in [5.41, 5.74) is 0. The summed E-state index contributed by atoms with van der Waals surface area (Å²) in [6.07, 6.45) is 4.54. The molecule has 1 atom stereocenters. The van der Waals surface area contributed by atoms with Crippen LogP contribution in [0.3, 0.4) is 0 Å². The SMILES string of the molecule is CCc1nc([C@H]2CCCN2c2ncnc3sccc23)no1. The number of thiophene rings is 1. The van der Waals surface area contributed by atoms with Crippen molar-refractivity contribution >= 4 is 27.4 Å². The highest BCUT2D eigenvalue weighted by atomic mass is 32.1. The molecule has 0 radical (unpaired) electrons. The average Bonchev–Trinajstić information content (AvgIpc) is 3.25. The molecule has 0 unspecified atom stereocenters. The Kier molecular flexibility index (Phi) is 3.07. The zero-order valence-electron chi connectivity index (χ0n) is 11.7. The van der Waals surface area contributed by atoms with E-state index in [0.29, 0.717) is 5.89 Å². The Balaban J connectivity index is 1.74. The molecular formula is C14H15N5OS. The predicted molar refractivity (Wildman–Crippen MR) is 80.4 cm³/mol. The number of aryl methyl sites for hydroxylation is 1. The topological polar surface area (TPSA) is 67.9 Å². The van der Waals surface area contributed by atoms with Gasteiger partial charge < -0.3 is 9.42 Å². The molecular weight excluding hydrogens is 286 g/mol. The molecule has 3 aromatic heterocycles. The lowest BCUT2D eigenvalue weighted by Crippen LogP contribution is -2.24. The first kappa shape index (κ1) is 12.7. The summed E-state index contributed by atoms with van der Waals surface area (Å²) in [7, 11) is 0. The lowest BCUT2D eigenvalue weighted by atomic mass is 10.2. The summed E-state index contributed by atoms with van der Waals surface area (Å²) in [5, 5.41) is 7.30. The van der Waals surface area contributed by atoms with Crippen molar-refractivity contribution in [2.45, 2.75) is 32.2 Å². The van der Waals surface area contributed by atoms with Gasteiger partial charge in [0.25, 0.3) is 0 Å². The predicted octanol–water partition coefficient (Wildman–Crippen LogP) is 2.98. The molecule has 0 saturated carbocycles. The first-order valence-corrected chi connectivity index (χ1v) is 8.02. The van der Waals surface area contributed by atoms with Crippen molar-refractivity contribution in [3.63, 3.8) is 0 Å². The maximum atomic E-state index is 5.26. The summed E-state index contributed by atoms with van der Waals surface area (Å²) < 4.78 is 5.26. The van der Waals surface area contributed by atoms with Gasteiger partial charge in [0.2, 0.25) is 5.89 Å². The standard InChI is InChI=1S/C14H15N5OS/c1-2-11-17-12(18-20-11)10-4-3-6-19(10)13-9-5-7-21-14(9)16-8-15-13/h5,7-8,10H,2-4,6H2,1H3/t10-/m1/s1. The van der Waals surface area contributed by atoms with Crippen molar-refractivity contribution in [3.05, 3.63) is 29.5 Å². The van der Waals surface area contributed by atoms with Gasteiger partial charge in [-0.3, -0.25) is 0 Å². The van der Waals surface area contributed by atoms with Crippen LogP contribution < -0.4 is 4.90 Å². The van der Waals surface area contributed by atoms with E-state index in [0.717, 1.165) is 47.7 Å². The van der Waals surface area contributed by atoms with Crippen LogP contribution in [0.25, 0.3) is 10.2 Å². The van der Waals surface area contributed by atoms with Gasteiger partial charge >= 0.3 is 0 Å². The molecule has 6 nitrogen and oxygen atoms in total. The van der Waals surface area contributed by atoms with Gasteiger partial charge in [-0.15, -0.1) is 11.3 Å². The Morgan fingerprint density at radius 1 is 1.43 bits per heavy atom. The van der Waals surface area contributed by atoms with Crippen molar-refractivity contribution < 1.29 is 4.52 Å². The van der Waals surface area contributed by atoms with E-state index in [1.165, 1.54) is 0 Å². The summed E-state index contributed by atoms with van der Waals surface area (Å²) in [6.45, 7) is 2.98. The van der Waals surface area contributed by atoms with E-state index in [9.17, 15) is 0 Å². The van der Waals surface area contributed by atoms with Gasteiger partial charge in [-0.2, -0.15) is 4.98 Å². The van der Waals surface area contributed by atoms with E-state index in [4.69, 9.17) is 4.52 Å². The summed E-state index contributed by atoms with van der Waals surface area (Å²) in [5.74, 6) is 2.44. The molecule has 0 bridgehead atoms. The molecule has 0 amide bonds. The quantitative estimate of drug-likeness (QED) is 0.741. The van der Waals surface area contributed by atoms with Gasteiger partial charge in [-0.1, -0.05) is 12.1 Å². The van der Waals surface area contributed by atoms with Crippen LogP contribution in [0.15, 0.2) is 22.3 Å². The molecule has 0 aliphatic carbocycles. The maximum absolute atomic E-state index is 5.26. The molecule has 0 N–H and O–H groups in total. The van der Waals surface area contributed by atoms with Crippen molar-refractivity contribution in [1.29, 1.82) is 0 Å². The smallest absolute Gasteiger partial charge is 0.226 e. The van der Waals surface area contributed by atoms with Crippen LogP contribution in [0.4, 0.5) is 5.82 Å². The zero-order chi connectivity index (χ0) is 14.2. The monoisotopic (exact) mass is 301 g/mol. The van der Waals surface area contributed by atoms with Gasteiger partial charge in [0.05, 0.1) is 11.4 Å². The van der Waals surface area contributed by atoms with Crippen LogP contribution in [0.5, 0.6) is 0 Å². The average molecular weight is 301 g/mol. The highest BCUT2D eigenvalue weighted by Gasteiger charge is 2.32. The molecule has 1 aliphatic heterocycles. The van der Waals surface area contributed by atoms with E-state index >= 15 is 0 Å². The molecule has 1 saturated heterocycles. The first-order chi connectivity index (χ1) is 10.4. The number of hydrogen-bond acceptors (Lipinski definition) is 7. The summed E-state index contributed by atoms with van der Waals surface area (Å²) in [4.78, 5) is 16.6. The molecule has 4 heterocycles. The van der Waals surface area contributed by atoms with Crippen LogP contribution in [-0.2, 0) is 6.42 Å². The number of nitrogens with zero attached hydrogens (tertiary/aromatic N) is 5. The molecule has 1 aliphatic rings. The van der Waals surface area contributed by atoms with Crippen LogP contribution in [0.2, 0.25) is 0 Å². The third-order valence-corrected chi connectivity index (χ3v) is 4.67. The van der Waals surface area contributed by atoms with Crippen LogP contribution in [0.1, 0.15) is 37.5 Å². The van der Waals surface area contributed by atoms with E-state index < -0.39 is 0 Å². The molecule has 0 spiro atoms. The summed E-state index contributed by atoms with van der Waals surface area (Å²) in [6, 6.07) is 2.23. The second-order valence-electron chi connectivity index (χ2n) is 5.09. The second-order valence-corrected chi connectivity index (χ2v) is 5.98. The lowest BCUT2D eigenvalue weighted by Gasteiger charge is -2.23. The maximum Gasteiger partial charge on any atom is 0.226 e. The molecule has 0 aromatic carbocycles. The third kappa shape index (κ3) is 2.08. The van der Waals surface area contributed by atoms with Gasteiger partial charge in [-0.25, -0.2) is 9.97 Å². The Hall–Kier alpha value is -2.02. The third-order valence-electron chi connectivity index (χ3n) is 3.85. The molecule has 21 heavy (non-hydrogen) atoms. The Morgan fingerprint density at radius 3 is 3.24 bits per heavy atom. The Labute approximate surface area is 125 Å². The highest BCUT2D eigenvalue weighted by Crippen LogP contribution is 2.37. The largest absolute Gasteiger partial charge is 0.346 e. The van der Waals surface area contributed by atoms with Crippen LogP contribution in [0, 0.1) is 0 Å². The Morgan fingerprint density at radius 2 is 2.38 bits per heavy atom. The van der Waals surface area contributed by atoms with Gasteiger partial charge in [0.1, 0.15) is 17.0 Å². The normalized spacial score (nSPS) is 18.7. The van der Waals surface area contributed by atoms with Crippen molar-refractivity contribution in [2.75, 3.05) is 11.4 Å². The molecule has 108 valence electrons. The fourth-order valence-electron chi connectivity index (χ4n) is 2.84. The van der Waals surface area contributed by atoms with E-state index in [2.05, 4.69) is 36.5 Å². The van der Waals surface area contributed by atoms with Crippen LogP contribution in [-0.4, -0.2) is 26.7 Å². The molecule has 1 fully saturated rings. The highest BCUT2D eigenvalue weighted by molar-refractivity contribution is 7.16. The fraction of sp³-hybridized carbons (Fsp3) is 0.429. The molecule has 3 aromatic rings. The minimum absolute atomic E-state index is 0.145. The van der Waals surface area contributed by atoms with E-state index in [-0.39, 0.29) is 6.04 Å². The van der Waals surface area contributed by atoms with Gasteiger partial charge in [0.15, 0.2) is 5.82 Å². The van der Waals surface area contributed by atoms with Crippen LogP contribution >= 0.6 is 11.3 Å². The number of anilines is 1. The summed E-state index contributed by atoms with van der Waals surface area (Å²) >= 11 is 1.64. The van der Waals surface area contributed by atoms with E-state index in [1.807, 2.05) is 6.92 Å². The van der Waals surface area contributed by atoms with Gasteiger partial charge in [-0.05, 0) is 24.3 Å². The number of aromatic nitrogens is 4. The number of hydrogen-bond donors (Lipinski definition) is 0. The second kappa shape index (κ2) is 5.07. The Bertz CT molecular complexity index is 767. The molecule has 4 rings (SSSR count). The minimum atomic E-state index is 0.145. The van der Waals surface area contributed by atoms with Crippen molar-refractivity contribution in [3.8, 4) is 0 Å². The first-order valence-electron chi connectivity index (χ1n) is 7.14. The van der Waals surface area contributed by atoms with E-state index in [1.54, 1.807) is 17.7 Å². The zero-order valence-corrected chi connectivity index (χ0v) is 12.5. The fourth-order valence-corrected chi connectivity index (χ4v) is 3.57. The van der Waals surface area contributed by atoms with Gasteiger partial charge in [0, 0.05) is 13.0 Å². The molecule has 7 heteroatoms. The number of rotatable bonds is 3. The van der Waals surface area contributed by atoms with Crippen molar-refractivity contribution in [1.82, 2.24) is 20.1 Å².